The first-order valence-electron chi connectivity index (χ1n) is 8.07. The van der Waals surface area contributed by atoms with Crippen molar-refractivity contribution < 1.29 is 9.59 Å². The van der Waals surface area contributed by atoms with E-state index < -0.39 is 0 Å². The van der Waals surface area contributed by atoms with Crippen LogP contribution in [-0.4, -0.2) is 23.6 Å². The number of para-hydroxylation sites is 1. The molecule has 5 heteroatoms. The van der Waals surface area contributed by atoms with Crippen LogP contribution in [0.4, 0.5) is 5.69 Å². The summed E-state index contributed by atoms with van der Waals surface area (Å²) in [5.74, 6) is 0.273. The third kappa shape index (κ3) is 5.22. The van der Waals surface area contributed by atoms with E-state index in [0.717, 1.165) is 10.6 Å². The molecule has 0 unspecified atom stereocenters. The van der Waals surface area contributed by atoms with E-state index in [9.17, 15) is 9.59 Å². The Hall–Kier alpha value is -2.53. The Balaban J connectivity index is 2.24. The van der Waals surface area contributed by atoms with E-state index in [2.05, 4.69) is 17.2 Å². The zero-order valence-corrected chi connectivity index (χ0v) is 15.2. The van der Waals surface area contributed by atoms with Gasteiger partial charge in [-0.3, -0.25) is 9.59 Å². The van der Waals surface area contributed by atoms with Gasteiger partial charge in [-0.05, 0) is 38.1 Å². The molecule has 0 aliphatic heterocycles. The number of amides is 2. The number of carbonyl (C=O) groups is 2. The molecule has 2 aromatic carbocycles. The van der Waals surface area contributed by atoms with Gasteiger partial charge in [-0.1, -0.05) is 30.3 Å². The predicted octanol–water partition coefficient (Wildman–Crippen LogP) is 4.36. The largest absolute Gasteiger partial charge is 0.350 e. The molecule has 2 N–H and O–H groups in total. The van der Waals surface area contributed by atoms with Gasteiger partial charge in [0, 0.05) is 16.7 Å². The van der Waals surface area contributed by atoms with Crippen molar-refractivity contribution in [3.05, 3.63) is 72.3 Å². The minimum atomic E-state index is -0.239. The van der Waals surface area contributed by atoms with Gasteiger partial charge in [-0.25, -0.2) is 0 Å². The molecule has 0 atom stereocenters. The van der Waals surface area contributed by atoms with Crippen molar-refractivity contribution in [2.75, 3.05) is 11.1 Å². The van der Waals surface area contributed by atoms with E-state index in [1.165, 1.54) is 0 Å². The molecule has 0 saturated carbocycles. The molecule has 25 heavy (non-hydrogen) atoms. The topological polar surface area (TPSA) is 58.2 Å². The van der Waals surface area contributed by atoms with Gasteiger partial charge in [0.15, 0.2) is 0 Å². The number of thioether (sulfide) groups is 1. The summed E-state index contributed by atoms with van der Waals surface area (Å²) in [7, 11) is 0. The van der Waals surface area contributed by atoms with Crippen molar-refractivity contribution >= 4 is 29.3 Å². The van der Waals surface area contributed by atoms with Crippen molar-refractivity contribution in [1.82, 2.24) is 5.32 Å². The molecule has 0 saturated heterocycles. The molecule has 0 spiro atoms. The Morgan fingerprint density at radius 2 is 1.68 bits per heavy atom. The lowest BCUT2D eigenvalue weighted by Crippen LogP contribution is -2.31. The van der Waals surface area contributed by atoms with Crippen LogP contribution in [-0.2, 0) is 0 Å². The average Bonchev–Trinajstić information content (AvgIpc) is 2.60. The minimum Gasteiger partial charge on any atom is -0.350 e. The van der Waals surface area contributed by atoms with Gasteiger partial charge >= 0.3 is 0 Å². The second-order valence-corrected chi connectivity index (χ2v) is 6.79. The van der Waals surface area contributed by atoms with E-state index >= 15 is 0 Å². The Labute approximate surface area is 152 Å². The number of carbonyl (C=O) groups excluding carboxylic acids is 2. The molecule has 130 valence electrons. The maximum absolute atomic E-state index is 12.7. The summed E-state index contributed by atoms with van der Waals surface area (Å²) in [6, 6.07) is 14.4. The third-order valence-corrected chi connectivity index (χ3v) is 4.40. The summed E-state index contributed by atoms with van der Waals surface area (Å²) >= 11 is 1.55. The zero-order valence-electron chi connectivity index (χ0n) is 14.4. The van der Waals surface area contributed by atoms with Crippen LogP contribution < -0.4 is 10.6 Å². The fraction of sp³-hybridized carbons (Fsp3) is 0.200. The van der Waals surface area contributed by atoms with Gasteiger partial charge in [0.25, 0.3) is 11.8 Å². The predicted molar refractivity (Wildman–Crippen MR) is 104 cm³/mol. The molecule has 2 amide bonds. The third-order valence-electron chi connectivity index (χ3n) is 3.33. The highest BCUT2D eigenvalue weighted by Gasteiger charge is 2.16. The average molecular weight is 354 g/mol. The number of benzene rings is 2. The van der Waals surface area contributed by atoms with Crippen LogP contribution in [0.2, 0.25) is 0 Å². The summed E-state index contributed by atoms with van der Waals surface area (Å²) in [5, 5.41) is 5.71. The zero-order chi connectivity index (χ0) is 18.2. The van der Waals surface area contributed by atoms with Crippen molar-refractivity contribution in [1.29, 1.82) is 0 Å². The molecule has 0 fully saturated rings. The van der Waals surface area contributed by atoms with E-state index in [0.29, 0.717) is 16.8 Å². The van der Waals surface area contributed by atoms with Gasteiger partial charge in [0.05, 0.1) is 16.8 Å². The summed E-state index contributed by atoms with van der Waals surface area (Å²) in [5.41, 5.74) is 1.52. The molecule has 0 aromatic heterocycles. The first-order valence-corrected chi connectivity index (χ1v) is 9.05. The minimum absolute atomic E-state index is 0.0206. The summed E-state index contributed by atoms with van der Waals surface area (Å²) in [6.45, 7) is 7.50. The fourth-order valence-corrected chi connectivity index (χ4v) is 3.04. The lowest BCUT2D eigenvalue weighted by Gasteiger charge is -2.14. The van der Waals surface area contributed by atoms with Crippen molar-refractivity contribution in [2.24, 2.45) is 0 Å². The summed E-state index contributed by atoms with van der Waals surface area (Å²) in [6.07, 6.45) is 1.80. The molecule has 0 heterocycles. The van der Waals surface area contributed by atoms with Crippen LogP contribution in [0.5, 0.6) is 0 Å². The van der Waals surface area contributed by atoms with Crippen LogP contribution >= 0.6 is 11.8 Å². The maximum Gasteiger partial charge on any atom is 0.256 e. The highest BCUT2D eigenvalue weighted by Crippen LogP contribution is 2.24. The van der Waals surface area contributed by atoms with Crippen molar-refractivity contribution in [3.8, 4) is 0 Å². The quantitative estimate of drug-likeness (QED) is 0.574. The molecular formula is C20H22N2O2S. The molecule has 0 aliphatic rings. The first kappa shape index (κ1) is 18.8. The monoisotopic (exact) mass is 354 g/mol. The molecule has 2 rings (SSSR count). The number of rotatable bonds is 7. The Morgan fingerprint density at radius 3 is 2.36 bits per heavy atom. The second kappa shape index (κ2) is 9.08. The maximum atomic E-state index is 12.7. The summed E-state index contributed by atoms with van der Waals surface area (Å²) in [4.78, 5) is 25.9. The van der Waals surface area contributed by atoms with E-state index in [1.54, 1.807) is 48.2 Å². The molecule has 2 aromatic rings. The molecule has 0 aliphatic carbocycles. The van der Waals surface area contributed by atoms with Gasteiger partial charge in [-0.2, -0.15) is 0 Å². The summed E-state index contributed by atoms with van der Waals surface area (Å²) < 4.78 is 0. The highest BCUT2D eigenvalue weighted by molar-refractivity contribution is 7.99. The van der Waals surface area contributed by atoms with Crippen molar-refractivity contribution in [3.63, 3.8) is 0 Å². The van der Waals surface area contributed by atoms with E-state index in [-0.39, 0.29) is 17.9 Å². The number of anilines is 1. The smallest absolute Gasteiger partial charge is 0.256 e. The van der Waals surface area contributed by atoms with E-state index in [1.807, 2.05) is 32.0 Å². The standard InChI is InChI=1S/C20H22N2O2S/c1-4-13-25-18-12-8-6-10-16(18)20(24)22-17-11-7-5-9-15(17)19(23)21-14(2)3/h4-12,14H,1,13H2,2-3H3,(H,21,23)(H,22,24). The Kier molecular flexibility index (Phi) is 6.83. The fourth-order valence-electron chi connectivity index (χ4n) is 2.25. The van der Waals surface area contributed by atoms with Gasteiger partial charge in [0.2, 0.25) is 0 Å². The highest BCUT2D eigenvalue weighted by atomic mass is 32.2. The molecule has 0 bridgehead atoms. The molecule has 0 radical (unpaired) electrons. The van der Waals surface area contributed by atoms with Crippen LogP contribution in [0.25, 0.3) is 0 Å². The van der Waals surface area contributed by atoms with Gasteiger partial charge < -0.3 is 10.6 Å². The van der Waals surface area contributed by atoms with Gasteiger partial charge in [-0.15, -0.1) is 18.3 Å². The molecular weight excluding hydrogens is 332 g/mol. The Bertz CT molecular complexity index is 772. The van der Waals surface area contributed by atoms with Crippen molar-refractivity contribution in [2.45, 2.75) is 24.8 Å². The van der Waals surface area contributed by atoms with Crippen LogP contribution in [0, 0.1) is 0 Å². The second-order valence-electron chi connectivity index (χ2n) is 5.72. The van der Waals surface area contributed by atoms with Crippen LogP contribution in [0.1, 0.15) is 34.6 Å². The Morgan fingerprint density at radius 1 is 1.04 bits per heavy atom. The first-order chi connectivity index (χ1) is 12.0. The lowest BCUT2D eigenvalue weighted by molar-refractivity contribution is 0.0944. The molecule has 4 nitrogen and oxygen atoms in total. The number of hydrogen-bond donors (Lipinski definition) is 2. The van der Waals surface area contributed by atoms with E-state index in [4.69, 9.17) is 0 Å². The number of hydrogen-bond acceptors (Lipinski definition) is 3. The van der Waals surface area contributed by atoms with Crippen LogP contribution in [0.15, 0.2) is 66.1 Å². The SMILES string of the molecule is C=CCSc1ccccc1C(=O)Nc1ccccc1C(=O)NC(C)C. The lowest BCUT2D eigenvalue weighted by atomic mass is 10.1. The van der Waals surface area contributed by atoms with Gasteiger partial charge in [0.1, 0.15) is 0 Å². The normalized spacial score (nSPS) is 10.4. The number of nitrogens with one attached hydrogen (secondary N) is 2. The van der Waals surface area contributed by atoms with Crippen LogP contribution in [0.3, 0.4) is 0 Å².